The Balaban J connectivity index is 1.36. The minimum absolute atomic E-state index is 0.0673. The van der Waals surface area contributed by atoms with Gasteiger partial charge in [0.05, 0.1) is 19.1 Å². The molecule has 1 aromatic heterocycles. The molecule has 5 heteroatoms. The molecule has 0 unspecified atom stereocenters. The fourth-order valence-corrected chi connectivity index (χ4v) is 4.18. The molecule has 1 amide bonds. The molecule has 2 saturated heterocycles. The van der Waals surface area contributed by atoms with Gasteiger partial charge in [0, 0.05) is 35.7 Å². The Morgan fingerprint density at radius 2 is 2.28 bits per heavy atom. The zero-order valence-corrected chi connectivity index (χ0v) is 15.1. The van der Waals surface area contributed by atoms with Crippen molar-refractivity contribution in [3.63, 3.8) is 0 Å². The highest BCUT2D eigenvalue weighted by atomic mass is 16.5. The number of benzene rings is 1. The van der Waals surface area contributed by atoms with Crippen LogP contribution in [0.5, 0.6) is 0 Å². The Morgan fingerprint density at radius 3 is 3.16 bits per heavy atom. The van der Waals surface area contributed by atoms with E-state index in [4.69, 9.17) is 4.74 Å². The van der Waals surface area contributed by atoms with Crippen molar-refractivity contribution in [3.05, 3.63) is 35.0 Å². The standard InChI is InChI=1S/C20H27N3O2/c1-13-5-6-19-18(8-13)17(14(2)22-19)9-20(24)21-10-16-11-23-7-3-4-15(23)12-25-16/h5-6,8,15-16,22H,3-4,7,9-12H2,1-2H3,(H,21,24)/t15-,16-/m0/s1. The van der Waals surface area contributed by atoms with Crippen LogP contribution in [-0.4, -0.2) is 54.2 Å². The van der Waals surface area contributed by atoms with Gasteiger partial charge in [-0.3, -0.25) is 9.69 Å². The molecule has 2 atom stereocenters. The highest BCUT2D eigenvalue weighted by molar-refractivity contribution is 5.90. The van der Waals surface area contributed by atoms with Gasteiger partial charge in [0.15, 0.2) is 0 Å². The molecule has 2 aliphatic heterocycles. The average Bonchev–Trinajstić information content (AvgIpc) is 3.17. The normalized spacial score (nSPS) is 23.8. The number of aromatic nitrogens is 1. The van der Waals surface area contributed by atoms with Crippen molar-refractivity contribution in [2.45, 2.75) is 45.3 Å². The maximum atomic E-state index is 12.5. The number of morpholine rings is 1. The van der Waals surface area contributed by atoms with Gasteiger partial charge in [-0.25, -0.2) is 0 Å². The molecular weight excluding hydrogens is 314 g/mol. The number of hydrogen-bond acceptors (Lipinski definition) is 3. The summed E-state index contributed by atoms with van der Waals surface area (Å²) < 4.78 is 5.92. The lowest BCUT2D eigenvalue weighted by molar-refractivity contribution is -0.121. The first-order chi connectivity index (χ1) is 12.1. The van der Waals surface area contributed by atoms with Gasteiger partial charge >= 0.3 is 0 Å². The zero-order chi connectivity index (χ0) is 17.4. The van der Waals surface area contributed by atoms with Gasteiger partial charge in [0.25, 0.3) is 0 Å². The number of nitrogens with one attached hydrogen (secondary N) is 2. The first-order valence-electron chi connectivity index (χ1n) is 9.30. The SMILES string of the molecule is Cc1ccc2[nH]c(C)c(CC(=O)NC[C@H]3CN4CCC[C@H]4CO3)c2c1. The number of carbonyl (C=O) groups excluding carboxylic acids is 1. The Hall–Kier alpha value is -1.85. The Labute approximate surface area is 148 Å². The molecule has 2 fully saturated rings. The number of aryl methyl sites for hydroxylation is 2. The lowest BCUT2D eigenvalue weighted by Crippen LogP contribution is -2.50. The number of ether oxygens (including phenoxy) is 1. The minimum Gasteiger partial charge on any atom is -0.373 e. The van der Waals surface area contributed by atoms with E-state index in [9.17, 15) is 4.79 Å². The third-order valence-electron chi connectivity index (χ3n) is 5.60. The molecule has 2 N–H and O–H groups in total. The second kappa shape index (κ2) is 6.81. The predicted molar refractivity (Wildman–Crippen MR) is 98.8 cm³/mol. The van der Waals surface area contributed by atoms with E-state index in [1.807, 2.05) is 6.92 Å². The largest absolute Gasteiger partial charge is 0.373 e. The van der Waals surface area contributed by atoms with Crippen molar-refractivity contribution >= 4 is 16.8 Å². The van der Waals surface area contributed by atoms with Crippen molar-refractivity contribution in [1.29, 1.82) is 0 Å². The van der Waals surface area contributed by atoms with Crippen LogP contribution in [0.1, 0.15) is 29.7 Å². The molecule has 0 spiro atoms. The van der Waals surface area contributed by atoms with Crippen LogP contribution >= 0.6 is 0 Å². The first-order valence-corrected chi connectivity index (χ1v) is 9.30. The first kappa shape index (κ1) is 16.6. The smallest absolute Gasteiger partial charge is 0.224 e. The summed E-state index contributed by atoms with van der Waals surface area (Å²) in [5, 5.41) is 4.23. The number of amides is 1. The molecule has 25 heavy (non-hydrogen) atoms. The second-order valence-electron chi connectivity index (χ2n) is 7.50. The summed E-state index contributed by atoms with van der Waals surface area (Å²) >= 11 is 0. The summed E-state index contributed by atoms with van der Waals surface area (Å²) in [6.45, 7) is 7.64. The number of H-pyrrole nitrogens is 1. The lowest BCUT2D eigenvalue weighted by Gasteiger charge is -2.35. The summed E-state index contributed by atoms with van der Waals surface area (Å²) in [6.07, 6.45) is 3.04. The Morgan fingerprint density at radius 1 is 1.40 bits per heavy atom. The van der Waals surface area contributed by atoms with E-state index in [1.54, 1.807) is 0 Å². The number of nitrogens with zero attached hydrogens (tertiary/aromatic N) is 1. The summed E-state index contributed by atoms with van der Waals surface area (Å²) in [7, 11) is 0. The van der Waals surface area contributed by atoms with Crippen LogP contribution in [0.2, 0.25) is 0 Å². The van der Waals surface area contributed by atoms with E-state index in [-0.39, 0.29) is 12.0 Å². The third kappa shape index (κ3) is 3.44. The molecule has 2 aromatic rings. The van der Waals surface area contributed by atoms with E-state index >= 15 is 0 Å². The fraction of sp³-hybridized carbons (Fsp3) is 0.550. The van der Waals surface area contributed by atoms with Gasteiger partial charge in [-0.2, -0.15) is 0 Å². The van der Waals surface area contributed by atoms with E-state index in [2.05, 4.69) is 40.3 Å². The van der Waals surface area contributed by atoms with Crippen LogP contribution in [-0.2, 0) is 16.0 Å². The maximum Gasteiger partial charge on any atom is 0.224 e. The van der Waals surface area contributed by atoms with Crippen molar-refractivity contribution in [3.8, 4) is 0 Å². The van der Waals surface area contributed by atoms with Gasteiger partial charge in [0.1, 0.15) is 0 Å². The number of fused-ring (bicyclic) bond motifs is 2. The molecule has 0 bridgehead atoms. The van der Waals surface area contributed by atoms with Crippen LogP contribution in [0.15, 0.2) is 18.2 Å². The maximum absolute atomic E-state index is 12.5. The molecule has 3 heterocycles. The molecule has 4 rings (SSSR count). The quantitative estimate of drug-likeness (QED) is 0.897. The number of carbonyl (C=O) groups is 1. The molecule has 2 aliphatic rings. The van der Waals surface area contributed by atoms with Crippen molar-refractivity contribution in [2.75, 3.05) is 26.2 Å². The van der Waals surface area contributed by atoms with Crippen LogP contribution in [0.25, 0.3) is 10.9 Å². The summed E-state index contributed by atoms with van der Waals surface area (Å²) in [6, 6.07) is 6.93. The summed E-state index contributed by atoms with van der Waals surface area (Å²) in [4.78, 5) is 18.4. The van der Waals surface area contributed by atoms with E-state index in [1.165, 1.54) is 24.9 Å². The van der Waals surface area contributed by atoms with Gasteiger partial charge in [-0.05, 0) is 50.9 Å². The van der Waals surface area contributed by atoms with Crippen LogP contribution in [0.3, 0.4) is 0 Å². The van der Waals surface area contributed by atoms with E-state index in [0.717, 1.165) is 35.3 Å². The molecule has 0 radical (unpaired) electrons. The fourth-order valence-electron chi connectivity index (χ4n) is 4.18. The molecule has 134 valence electrons. The van der Waals surface area contributed by atoms with Crippen LogP contribution < -0.4 is 5.32 Å². The molecular formula is C20H27N3O2. The number of hydrogen-bond donors (Lipinski definition) is 2. The minimum atomic E-state index is 0.0673. The predicted octanol–water partition coefficient (Wildman–Crippen LogP) is 2.31. The van der Waals surface area contributed by atoms with Crippen molar-refractivity contribution in [2.24, 2.45) is 0 Å². The van der Waals surface area contributed by atoms with E-state index in [0.29, 0.717) is 19.0 Å². The molecule has 0 saturated carbocycles. The van der Waals surface area contributed by atoms with Gasteiger partial charge in [0.2, 0.25) is 5.91 Å². The molecule has 1 aromatic carbocycles. The summed E-state index contributed by atoms with van der Waals surface area (Å²) in [5.74, 6) is 0.0673. The van der Waals surface area contributed by atoms with Crippen molar-refractivity contribution in [1.82, 2.24) is 15.2 Å². The number of aromatic amines is 1. The Bertz CT molecular complexity index is 783. The van der Waals surface area contributed by atoms with E-state index < -0.39 is 0 Å². The van der Waals surface area contributed by atoms with Gasteiger partial charge in [-0.15, -0.1) is 0 Å². The molecule has 5 nitrogen and oxygen atoms in total. The Kier molecular flexibility index (Phi) is 4.52. The average molecular weight is 341 g/mol. The third-order valence-corrected chi connectivity index (χ3v) is 5.60. The summed E-state index contributed by atoms with van der Waals surface area (Å²) in [5.41, 5.74) is 4.48. The number of rotatable bonds is 4. The monoisotopic (exact) mass is 341 g/mol. The van der Waals surface area contributed by atoms with Crippen LogP contribution in [0, 0.1) is 13.8 Å². The highest BCUT2D eigenvalue weighted by Gasteiger charge is 2.32. The topological polar surface area (TPSA) is 57.4 Å². The lowest BCUT2D eigenvalue weighted by atomic mass is 10.1. The van der Waals surface area contributed by atoms with Gasteiger partial charge in [-0.1, -0.05) is 11.6 Å². The highest BCUT2D eigenvalue weighted by Crippen LogP contribution is 2.24. The van der Waals surface area contributed by atoms with Crippen molar-refractivity contribution < 1.29 is 9.53 Å². The zero-order valence-electron chi connectivity index (χ0n) is 15.1. The van der Waals surface area contributed by atoms with Crippen LogP contribution in [0.4, 0.5) is 0 Å². The molecule has 0 aliphatic carbocycles. The van der Waals surface area contributed by atoms with Gasteiger partial charge < -0.3 is 15.0 Å². The second-order valence-corrected chi connectivity index (χ2v) is 7.50.